The second kappa shape index (κ2) is 10.7. The number of fused-ring (bicyclic) bond motifs is 1. The van der Waals surface area contributed by atoms with Crippen molar-refractivity contribution in [2.45, 2.75) is 52.3 Å². The van der Waals surface area contributed by atoms with E-state index in [9.17, 15) is 9.90 Å². The first kappa shape index (κ1) is 27.5. The monoisotopic (exact) mass is 538 g/mol. The lowest BCUT2D eigenvalue weighted by molar-refractivity contribution is 0.0818. The topological polar surface area (TPSA) is 98.3 Å². The minimum Gasteiger partial charge on any atom is -0.465 e. The molecule has 9 nitrogen and oxygen atoms in total. The van der Waals surface area contributed by atoms with E-state index in [0.29, 0.717) is 35.7 Å². The second-order valence-corrected chi connectivity index (χ2v) is 16.6. The van der Waals surface area contributed by atoms with Crippen molar-refractivity contribution in [1.29, 1.82) is 0 Å². The van der Waals surface area contributed by atoms with Gasteiger partial charge in [0.2, 0.25) is 0 Å². The maximum absolute atomic E-state index is 15.5. The minimum atomic E-state index is -1.22. The molecule has 1 unspecified atom stereocenters. The molecule has 1 amide bonds. The van der Waals surface area contributed by atoms with E-state index in [2.05, 4.69) is 29.7 Å². The number of ether oxygens (including phenoxy) is 1. The van der Waals surface area contributed by atoms with E-state index >= 15 is 4.39 Å². The molecule has 0 saturated carbocycles. The number of benzene rings is 1. The van der Waals surface area contributed by atoms with Gasteiger partial charge < -0.3 is 14.7 Å². The molecule has 0 aliphatic heterocycles. The first-order valence-electron chi connectivity index (χ1n) is 12.5. The molecular weight excluding hydrogens is 503 g/mol. The molecular formula is C27H35FN6O3Si. The van der Waals surface area contributed by atoms with E-state index in [1.54, 1.807) is 35.6 Å². The van der Waals surface area contributed by atoms with Gasteiger partial charge in [-0.1, -0.05) is 25.7 Å². The van der Waals surface area contributed by atoms with Crippen LogP contribution in [0.5, 0.6) is 0 Å². The van der Waals surface area contributed by atoms with Gasteiger partial charge in [0.15, 0.2) is 0 Å². The van der Waals surface area contributed by atoms with Crippen molar-refractivity contribution in [1.82, 2.24) is 29.4 Å². The normalized spacial score (nSPS) is 12.7. The molecule has 1 N–H and O–H groups in total. The summed E-state index contributed by atoms with van der Waals surface area (Å²) in [6.45, 7) is 11.4. The van der Waals surface area contributed by atoms with Gasteiger partial charge in [0.05, 0.1) is 29.6 Å². The molecule has 0 bridgehead atoms. The van der Waals surface area contributed by atoms with Crippen LogP contribution >= 0.6 is 0 Å². The lowest BCUT2D eigenvalue weighted by atomic mass is 9.97. The predicted octanol–water partition coefficient (Wildman–Crippen LogP) is 5.93. The van der Waals surface area contributed by atoms with Crippen LogP contribution in [0.4, 0.5) is 9.18 Å². The first-order valence-corrected chi connectivity index (χ1v) is 16.3. The molecule has 4 rings (SSSR count). The Morgan fingerprint density at radius 1 is 1.24 bits per heavy atom. The van der Waals surface area contributed by atoms with Crippen LogP contribution in [-0.4, -0.2) is 62.4 Å². The van der Waals surface area contributed by atoms with E-state index in [-0.39, 0.29) is 0 Å². The highest BCUT2D eigenvalue weighted by Gasteiger charge is 2.22. The fourth-order valence-electron chi connectivity index (χ4n) is 4.32. The highest BCUT2D eigenvalue weighted by molar-refractivity contribution is 6.76. The molecule has 0 saturated heterocycles. The van der Waals surface area contributed by atoms with Gasteiger partial charge in [0.25, 0.3) is 0 Å². The third-order valence-corrected chi connectivity index (χ3v) is 8.46. The number of carbonyl (C=O) groups is 1. The smallest absolute Gasteiger partial charge is 0.407 e. The van der Waals surface area contributed by atoms with Crippen molar-refractivity contribution >= 4 is 25.1 Å². The molecule has 3 aromatic heterocycles. The van der Waals surface area contributed by atoms with Crippen LogP contribution in [0.1, 0.15) is 24.1 Å². The lowest BCUT2D eigenvalue weighted by Crippen LogP contribution is -2.28. The van der Waals surface area contributed by atoms with Crippen molar-refractivity contribution in [3.05, 3.63) is 53.7 Å². The third-order valence-electron chi connectivity index (χ3n) is 6.76. The highest BCUT2D eigenvalue weighted by atomic mass is 28.3. The van der Waals surface area contributed by atoms with Crippen LogP contribution in [0.3, 0.4) is 0 Å². The van der Waals surface area contributed by atoms with E-state index in [1.165, 1.54) is 13.1 Å². The third kappa shape index (κ3) is 5.78. The van der Waals surface area contributed by atoms with Gasteiger partial charge in [-0.2, -0.15) is 10.2 Å². The number of pyridine rings is 1. The Morgan fingerprint density at radius 3 is 2.58 bits per heavy atom. The van der Waals surface area contributed by atoms with Crippen LogP contribution in [0, 0.1) is 12.7 Å². The zero-order chi connectivity index (χ0) is 27.8. The SMILES string of the molecule is Cc1cc(C(C)N(C)C(=O)O)cc(F)c1-c1cc2c(-c3cnn(C)c3)nn(COCC[Si](C)(C)C)c2cn1. The second-order valence-electron chi connectivity index (χ2n) is 10.9. The quantitative estimate of drug-likeness (QED) is 0.210. The number of rotatable bonds is 9. The zero-order valence-corrected chi connectivity index (χ0v) is 24.0. The van der Waals surface area contributed by atoms with Crippen LogP contribution in [0.2, 0.25) is 25.7 Å². The van der Waals surface area contributed by atoms with E-state index in [4.69, 9.17) is 9.84 Å². The average Bonchev–Trinajstić information content (AvgIpc) is 3.42. The average molecular weight is 539 g/mol. The fourth-order valence-corrected chi connectivity index (χ4v) is 5.08. The number of hydrogen-bond acceptors (Lipinski definition) is 5. The van der Waals surface area contributed by atoms with Crippen molar-refractivity contribution < 1.29 is 19.0 Å². The highest BCUT2D eigenvalue weighted by Crippen LogP contribution is 2.34. The molecule has 202 valence electrons. The Bertz CT molecular complexity index is 1450. The largest absolute Gasteiger partial charge is 0.465 e. The zero-order valence-electron chi connectivity index (χ0n) is 23.0. The molecule has 4 aromatic rings. The van der Waals surface area contributed by atoms with E-state index in [0.717, 1.165) is 33.1 Å². The number of halogens is 1. The molecule has 0 aliphatic rings. The standard InChI is InChI=1S/C27H35FN6O3Si/c1-17-10-19(18(2)33(4)27(35)36)11-22(28)25(17)23-12-21-24(14-29-23)34(16-37-8-9-38(5,6)7)31-26(21)20-13-30-32(3)15-20/h10-15,18H,8-9,16H2,1-7H3,(H,35,36). The maximum atomic E-state index is 15.5. The molecule has 1 atom stereocenters. The number of amides is 1. The summed E-state index contributed by atoms with van der Waals surface area (Å²) in [5.74, 6) is -0.456. The van der Waals surface area contributed by atoms with Gasteiger partial charge in [-0.15, -0.1) is 0 Å². The van der Waals surface area contributed by atoms with Gasteiger partial charge in [0.1, 0.15) is 18.2 Å². The van der Waals surface area contributed by atoms with E-state index in [1.807, 2.05) is 25.4 Å². The lowest BCUT2D eigenvalue weighted by Gasteiger charge is -2.23. The Labute approximate surface area is 222 Å². The summed E-state index contributed by atoms with van der Waals surface area (Å²) in [5.41, 5.74) is 4.44. The number of aromatic nitrogens is 5. The van der Waals surface area contributed by atoms with Crippen LogP contribution in [0.25, 0.3) is 33.4 Å². The van der Waals surface area contributed by atoms with Gasteiger partial charge in [0, 0.05) is 51.5 Å². The predicted molar refractivity (Wildman–Crippen MR) is 148 cm³/mol. The Hall–Kier alpha value is -3.57. The van der Waals surface area contributed by atoms with Gasteiger partial charge >= 0.3 is 6.09 Å². The Balaban J connectivity index is 1.74. The molecule has 0 aliphatic carbocycles. The number of carboxylic acid groups (broad SMARTS) is 1. The van der Waals surface area contributed by atoms with Gasteiger partial charge in [-0.05, 0) is 43.2 Å². The molecule has 1 aromatic carbocycles. The number of aryl methyl sites for hydroxylation is 2. The first-order chi connectivity index (χ1) is 17.9. The van der Waals surface area contributed by atoms with Crippen LogP contribution in [-0.2, 0) is 18.5 Å². The fraction of sp³-hybridized carbons (Fsp3) is 0.407. The number of nitrogens with zero attached hydrogens (tertiary/aromatic N) is 6. The molecule has 0 fully saturated rings. The summed E-state index contributed by atoms with van der Waals surface area (Å²) >= 11 is 0. The van der Waals surface area contributed by atoms with Crippen molar-refractivity contribution in [3.8, 4) is 22.5 Å². The van der Waals surface area contributed by atoms with Gasteiger partial charge in [-0.3, -0.25) is 9.67 Å². The Morgan fingerprint density at radius 2 is 1.97 bits per heavy atom. The van der Waals surface area contributed by atoms with Crippen molar-refractivity contribution in [2.75, 3.05) is 13.7 Å². The maximum Gasteiger partial charge on any atom is 0.407 e. The van der Waals surface area contributed by atoms with Crippen molar-refractivity contribution in [3.63, 3.8) is 0 Å². The molecule has 0 spiro atoms. The van der Waals surface area contributed by atoms with Gasteiger partial charge in [-0.25, -0.2) is 13.9 Å². The molecule has 11 heteroatoms. The summed E-state index contributed by atoms with van der Waals surface area (Å²) in [6.07, 6.45) is 4.27. The minimum absolute atomic E-state index is 0.291. The van der Waals surface area contributed by atoms with E-state index < -0.39 is 26.0 Å². The summed E-state index contributed by atoms with van der Waals surface area (Å²) in [6, 6.07) is 5.60. The van der Waals surface area contributed by atoms with Crippen molar-refractivity contribution in [2.24, 2.45) is 7.05 Å². The Kier molecular flexibility index (Phi) is 7.70. The molecule has 0 radical (unpaired) electrons. The molecule has 3 heterocycles. The summed E-state index contributed by atoms with van der Waals surface area (Å²) in [5, 5.41) is 19.2. The summed E-state index contributed by atoms with van der Waals surface area (Å²) in [7, 11) is 2.10. The van der Waals surface area contributed by atoms with Crippen LogP contribution in [0.15, 0.2) is 36.8 Å². The molecule has 38 heavy (non-hydrogen) atoms. The summed E-state index contributed by atoms with van der Waals surface area (Å²) in [4.78, 5) is 17.1. The van der Waals surface area contributed by atoms with Crippen LogP contribution < -0.4 is 0 Å². The number of hydrogen-bond donors (Lipinski definition) is 1. The summed E-state index contributed by atoms with van der Waals surface area (Å²) < 4.78 is 25.0.